The second kappa shape index (κ2) is 12.1. The number of ether oxygens (including phenoxy) is 2. The summed E-state index contributed by atoms with van der Waals surface area (Å²) < 4.78 is 11.8. The van der Waals surface area contributed by atoms with Gasteiger partial charge in [-0.25, -0.2) is 9.59 Å². The van der Waals surface area contributed by atoms with Crippen molar-refractivity contribution < 1.29 is 38.2 Å². The molecule has 42 heavy (non-hydrogen) atoms. The SMILES string of the molecule is CCCSc1nnc(N2C(=O)N(C)C(CC3(OC(C)=O)NC(=O)N(c4nnc(SC(C)C)s4)C3=O)(OC(C)=O)C2=O)s1. The number of hydrogen-bond acceptors (Lipinski definition) is 16. The van der Waals surface area contributed by atoms with E-state index in [1.165, 1.54) is 23.5 Å². The van der Waals surface area contributed by atoms with Crippen LogP contribution in [0.3, 0.4) is 0 Å². The summed E-state index contributed by atoms with van der Waals surface area (Å²) in [7, 11) is 1.16. The standard InChI is InChI=1S/C22H26N8O8S4/c1-7-8-39-18-26-25-17(41-18)30-14(34)22(38-12(5)32,28(6)20(30)36)9-21(37-11(4)31)13(33)29(15(35)23-21)16-24-27-19(42-16)40-10(2)3/h10H,7-9H2,1-6H3,(H,23,35). The predicted octanol–water partition coefficient (Wildman–Crippen LogP) is 2.46. The van der Waals surface area contributed by atoms with Crippen molar-refractivity contribution in [2.24, 2.45) is 0 Å². The molecule has 2 aliphatic heterocycles. The summed E-state index contributed by atoms with van der Waals surface area (Å²) in [4.78, 5) is 81.1. The van der Waals surface area contributed by atoms with Crippen molar-refractivity contribution in [3.8, 4) is 0 Å². The smallest absolute Gasteiger partial charge is 0.336 e. The predicted molar refractivity (Wildman–Crippen MR) is 152 cm³/mol. The number of thioether (sulfide) groups is 2. The largest absolute Gasteiger partial charge is 0.429 e. The van der Waals surface area contributed by atoms with Crippen LogP contribution in [-0.4, -0.2) is 90.6 Å². The zero-order valence-electron chi connectivity index (χ0n) is 23.2. The second-order valence-electron chi connectivity index (χ2n) is 9.24. The molecule has 6 amide bonds. The van der Waals surface area contributed by atoms with Crippen molar-refractivity contribution >= 4 is 92.3 Å². The van der Waals surface area contributed by atoms with Crippen molar-refractivity contribution in [3.05, 3.63) is 0 Å². The molecule has 16 nitrogen and oxygen atoms in total. The lowest BCUT2D eigenvalue weighted by Crippen LogP contribution is -2.62. The van der Waals surface area contributed by atoms with Crippen LogP contribution >= 0.6 is 46.2 Å². The Morgan fingerprint density at radius 3 is 2.12 bits per heavy atom. The zero-order chi connectivity index (χ0) is 31.0. The van der Waals surface area contributed by atoms with Gasteiger partial charge in [-0.3, -0.25) is 29.4 Å². The zero-order valence-corrected chi connectivity index (χ0v) is 26.5. The van der Waals surface area contributed by atoms with Gasteiger partial charge in [-0.15, -0.1) is 20.4 Å². The lowest BCUT2D eigenvalue weighted by Gasteiger charge is -2.37. The molecule has 2 fully saturated rings. The number of hydrogen-bond donors (Lipinski definition) is 1. The minimum Gasteiger partial charge on any atom is -0.429 e. The van der Waals surface area contributed by atoms with Gasteiger partial charge in [0.15, 0.2) is 8.68 Å². The minimum atomic E-state index is -2.57. The van der Waals surface area contributed by atoms with Gasteiger partial charge in [0, 0.05) is 31.9 Å². The first kappa shape index (κ1) is 31.6. The molecule has 4 rings (SSSR count). The lowest BCUT2D eigenvalue weighted by molar-refractivity contribution is -0.195. The van der Waals surface area contributed by atoms with E-state index >= 15 is 0 Å². The van der Waals surface area contributed by atoms with E-state index in [2.05, 4.69) is 25.7 Å². The third-order valence-corrected chi connectivity index (χ3v) is 9.92. The van der Waals surface area contributed by atoms with Gasteiger partial charge in [0.1, 0.15) is 0 Å². The number of rotatable bonds is 11. The Balaban J connectivity index is 1.75. The maximum absolute atomic E-state index is 14.0. The third kappa shape index (κ3) is 5.79. The molecule has 2 aromatic heterocycles. The van der Waals surface area contributed by atoms with Gasteiger partial charge in [-0.2, -0.15) is 9.80 Å². The number of urea groups is 2. The van der Waals surface area contributed by atoms with Crippen LogP contribution < -0.4 is 15.1 Å². The van der Waals surface area contributed by atoms with Crippen molar-refractivity contribution in [1.82, 2.24) is 30.6 Å². The number of anilines is 2. The Bertz CT molecular complexity index is 1450. The van der Waals surface area contributed by atoms with Crippen LogP contribution in [0.25, 0.3) is 0 Å². The molecule has 0 bridgehead atoms. The molecule has 0 spiro atoms. The number of amides is 6. The van der Waals surface area contributed by atoms with Gasteiger partial charge in [0.25, 0.3) is 11.4 Å². The van der Waals surface area contributed by atoms with Crippen molar-refractivity contribution in [2.75, 3.05) is 22.6 Å². The van der Waals surface area contributed by atoms with Crippen LogP contribution in [0.4, 0.5) is 19.9 Å². The topological polar surface area (TPSA) is 194 Å². The summed E-state index contributed by atoms with van der Waals surface area (Å²) in [6.45, 7) is 7.80. The van der Waals surface area contributed by atoms with Gasteiger partial charge in [0.05, 0.1) is 6.42 Å². The molecule has 4 heterocycles. The van der Waals surface area contributed by atoms with Crippen LogP contribution in [0.15, 0.2) is 8.68 Å². The van der Waals surface area contributed by atoms with Crippen LogP contribution in [-0.2, 0) is 28.7 Å². The fourth-order valence-electron chi connectivity index (χ4n) is 4.08. The average molecular weight is 659 g/mol. The fourth-order valence-corrected chi connectivity index (χ4v) is 7.90. The van der Waals surface area contributed by atoms with E-state index in [1.807, 2.05) is 20.8 Å². The minimum absolute atomic E-state index is 0.0986. The van der Waals surface area contributed by atoms with E-state index in [0.717, 1.165) is 60.6 Å². The van der Waals surface area contributed by atoms with Crippen LogP contribution in [0, 0.1) is 0 Å². The van der Waals surface area contributed by atoms with E-state index in [0.29, 0.717) is 18.5 Å². The first-order valence-electron chi connectivity index (χ1n) is 12.4. The molecule has 0 aliphatic carbocycles. The number of carbonyl (C=O) groups is 6. The van der Waals surface area contributed by atoms with E-state index in [1.54, 1.807) is 0 Å². The number of nitrogens with zero attached hydrogens (tertiary/aromatic N) is 7. The molecular weight excluding hydrogens is 633 g/mol. The van der Waals surface area contributed by atoms with E-state index in [-0.39, 0.29) is 15.5 Å². The highest BCUT2D eigenvalue weighted by Crippen LogP contribution is 2.43. The molecule has 2 saturated heterocycles. The first-order valence-corrected chi connectivity index (χ1v) is 15.9. The molecule has 1 N–H and O–H groups in total. The Morgan fingerprint density at radius 1 is 0.929 bits per heavy atom. The second-order valence-corrected chi connectivity index (χ2v) is 14.3. The normalized spacial score (nSPS) is 22.4. The lowest BCUT2D eigenvalue weighted by atomic mass is 9.97. The summed E-state index contributed by atoms with van der Waals surface area (Å²) >= 11 is 4.65. The molecule has 2 aromatic rings. The summed E-state index contributed by atoms with van der Waals surface area (Å²) in [5, 5.41) is 18.1. The highest BCUT2D eigenvalue weighted by Gasteiger charge is 2.68. The highest BCUT2D eigenvalue weighted by molar-refractivity contribution is 8.01. The molecule has 20 heteroatoms. The Hall–Kier alpha value is -3.36. The third-order valence-electron chi connectivity index (χ3n) is 5.68. The summed E-state index contributed by atoms with van der Waals surface area (Å²) in [6, 6.07) is -1.98. The van der Waals surface area contributed by atoms with E-state index < -0.39 is 53.7 Å². The van der Waals surface area contributed by atoms with Crippen molar-refractivity contribution in [3.63, 3.8) is 0 Å². The highest BCUT2D eigenvalue weighted by atomic mass is 32.2. The maximum Gasteiger partial charge on any atom is 0.336 e. The van der Waals surface area contributed by atoms with Gasteiger partial charge < -0.3 is 9.47 Å². The van der Waals surface area contributed by atoms with Crippen LogP contribution in [0.5, 0.6) is 0 Å². The Kier molecular flexibility index (Phi) is 9.09. The number of imide groups is 2. The van der Waals surface area contributed by atoms with E-state index in [4.69, 9.17) is 9.47 Å². The molecule has 0 radical (unpaired) electrons. The number of esters is 2. The quantitative estimate of drug-likeness (QED) is 0.160. The molecule has 2 aliphatic rings. The van der Waals surface area contributed by atoms with Gasteiger partial charge in [-0.1, -0.05) is 67.0 Å². The van der Waals surface area contributed by atoms with Crippen LogP contribution in [0.1, 0.15) is 47.5 Å². The molecule has 2 unspecified atom stereocenters. The average Bonchev–Trinajstić information content (AvgIpc) is 3.62. The van der Waals surface area contributed by atoms with E-state index in [9.17, 15) is 28.8 Å². The number of aromatic nitrogens is 4. The molecule has 0 aromatic carbocycles. The van der Waals surface area contributed by atoms with Crippen molar-refractivity contribution in [1.29, 1.82) is 0 Å². The number of nitrogens with one attached hydrogen (secondary N) is 1. The maximum atomic E-state index is 14.0. The Labute approximate surface area is 255 Å². The van der Waals surface area contributed by atoms with Crippen LogP contribution in [0.2, 0.25) is 0 Å². The molecule has 2 atom stereocenters. The summed E-state index contributed by atoms with van der Waals surface area (Å²) in [5.41, 5.74) is -5.10. The summed E-state index contributed by atoms with van der Waals surface area (Å²) in [5.74, 6) is -3.51. The molecule has 0 saturated carbocycles. The fraction of sp³-hybridized carbons (Fsp3) is 0.545. The van der Waals surface area contributed by atoms with Gasteiger partial charge in [-0.05, 0) is 6.42 Å². The van der Waals surface area contributed by atoms with Crippen molar-refractivity contribution in [2.45, 2.75) is 72.8 Å². The van der Waals surface area contributed by atoms with Gasteiger partial charge >= 0.3 is 35.8 Å². The number of carbonyl (C=O) groups excluding carboxylic acids is 6. The first-order chi connectivity index (χ1) is 19.7. The monoisotopic (exact) mass is 658 g/mol. The molecular formula is C22H26N8O8S4. The number of likely N-dealkylation sites (N-methyl/N-ethyl adjacent to an activating group) is 1. The Morgan fingerprint density at radius 2 is 1.52 bits per heavy atom. The summed E-state index contributed by atoms with van der Waals surface area (Å²) in [6.07, 6.45) is -0.121. The molecule has 226 valence electrons. The van der Waals surface area contributed by atoms with Gasteiger partial charge in [0.2, 0.25) is 10.3 Å².